The minimum atomic E-state index is -0.396. The molecule has 0 saturated carbocycles. The summed E-state index contributed by atoms with van der Waals surface area (Å²) in [5.41, 5.74) is 4.39. The number of fused-ring (bicyclic) bond motifs is 1. The summed E-state index contributed by atoms with van der Waals surface area (Å²) in [6.45, 7) is 5.78. The fourth-order valence-electron chi connectivity index (χ4n) is 4.90. The molecule has 43 heavy (non-hydrogen) atoms. The zero-order valence-corrected chi connectivity index (χ0v) is 23.7. The molecule has 0 aliphatic carbocycles. The van der Waals surface area contributed by atoms with Crippen molar-refractivity contribution in [1.29, 1.82) is 0 Å². The first-order valence-corrected chi connectivity index (χ1v) is 13.8. The van der Waals surface area contributed by atoms with Crippen LogP contribution in [0.15, 0.2) is 78.1 Å². The highest BCUT2D eigenvalue weighted by molar-refractivity contribution is 5.92. The Hall–Kier alpha value is -5.52. The molecule has 6 rings (SSSR count). The third-order valence-corrected chi connectivity index (χ3v) is 7.48. The highest BCUT2D eigenvalue weighted by atomic mass is 19.1. The van der Waals surface area contributed by atoms with Crippen molar-refractivity contribution in [3.05, 3.63) is 101 Å². The molecule has 0 spiro atoms. The van der Waals surface area contributed by atoms with E-state index >= 15 is 0 Å². The number of H-pyrrole nitrogens is 1. The van der Waals surface area contributed by atoms with Gasteiger partial charge in [-0.15, -0.1) is 10.2 Å². The Balaban J connectivity index is 1.41. The van der Waals surface area contributed by atoms with Crippen molar-refractivity contribution in [2.24, 2.45) is 5.92 Å². The molecule has 216 valence electrons. The molecule has 0 saturated heterocycles. The smallest absolute Gasteiger partial charge is 0.277 e. The molecule has 6 aromatic rings. The molecule has 12 heteroatoms. The monoisotopic (exact) mass is 577 g/mol. The van der Waals surface area contributed by atoms with E-state index in [0.717, 1.165) is 33.3 Å². The first-order valence-electron chi connectivity index (χ1n) is 13.8. The molecule has 1 amide bonds. The largest absolute Gasteiger partial charge is 0.320 e. The number of aromatic amines is 1. The van der Waals surface area contributed by atoms with Crippen LogP contribution in [-0.2, 0) is 11.3 Å². The Morgan fingerprint density at radius 2 is 1.86 bits per heavy atom. The van der Waals surface area contributed by atoms with Gasteiger partial charge in [0.25, 0.3) is 5.56 Å². The predicted octanol–water partition coefficient (Wildman–Crippen LogP) is 4.91. The van der Waals surface area contributed by atoms with Gasteiger partial charge in [0.2, 0.25) is 11.7 Å². The zero-order valence-electron chi connectivity index (χ0n) is 23.7. The summed E-state index contributed by atoms with van der Waals surface area (Å²) in [4.78, 5) is 35.6. The number of nitrogens with one attached hydrogen (secondary N) is 2. The van der Waals surface area contributed by atoms with Crippen molar-refractivity contribution in [3.8, 4) is 28.5 Å². The lowest BCUT2D eigenvalue weighted by atomic mass is 10.1. The van der Waals surface area contributed by atoms with Crippen LogP contribution in [0.25, 0.3) is 39.4 Å². The summed E-state index contributed by atoms with van der Waals surface area (Å²) < 4.78 is 17.4. The first-order chi connectivity index (χ1) is 20.8. The average Bonchev–Trinajstić information content (AvgIpc) is 3.67. The van der Waals surface area contributed by atoms with Gasteiger partial charge in [-0.2, -0.15) is 5.21 Å². The number of anilines is 1. The minimum absolute atomic E-state index is 0.0932. The summed E-state index contributed by atoms with van der Waals surface area (Å²) in [5, 5.41) is 17.6. The summed E-state index contributed by atoms with van der Waals surface area (Å²) in [6, 6.07) is 13.9. The van der Waals surface area contributed by atoms with Crippen LogP contribution in [0.4, 0.5) is 10.1 Å². The molecular weight excluding hydrogens is 549 g/mol. The molecule has 0 fully saturated rings. The van der Waals surface area contributed by atoms with Crippen LogP contribution in [0, 0.1) is 18.7 Å². The molecule has 0 aliphatic rings. The molecule has 0 unspecified atom stereocenters. The normalized spacial score (nSPS) is 12.0. The van der Waals surface area contributed by atoms with Crippen LogP contribution in [0.2, 0.25) is 0 Å². The second-order valence-corrected chi connectivity index (χ2v) is 10.4. The number of tetrazole rings is 1. The molecular formula is C31H28FN9O2. The van der Waals surface area contributed by atoms with Gasteiger partial charge in [0, 0.05) is 34.8 Å². The van der Waals surface area contributed by atoms with Gasteiger partial charge in [0.05, 0.1) is 30.1 Å². The van der Waals surface area contributed by atoms with Crippen molar-refractivity contribution in [3.63, 3.8) is 0 Å². The highest BCUT2D eigenvalue weighted by Crippen LogP contribution is 2.26. The number of carbonyl (C=O) groups is 1. The Kier molecular flexibility index (Phi) is 7.33. The van der Waals surface area contributed by atoms with E-state index in [1.807, 2.05) is 54.9 Å². The van der Waals surface area contributed by atoms with Gasteiger partial charge in [-0.3, -0.25) is 19.1 Å². The molecule has 2 aromatic carbocycles. The van der Waals surface area contributed by atoms with Crippen molar-refractivity contribution >= 4 is 22.5 Å². The van der Waals surface area contributed by atoms with E-state index in [1.165, 1.54) is 22.9 Å². The zero-order chi connectivity index (χ0) is 30.1. The van der Waals surface area contributed by atoms with Crippen molar-refractivity contribution in [1.82, 2.24) is 39.7 Å². The number of hydrogen-bond donors (Lipinski definition) is 2. The number of benzene rings is 2. The lowest BCUT2D eigenvalue weighted by Gasteiger charge is -2.16. The third kappa shape index (κ3) is 5.42. The van der Waals surface area contributed by atoms with E-state index in [2.05, 4.69) is 35.9 Å². The summed E-state index contributed by atoms with van der Waals surface area (Å²) >= 11 is 0. The second-order valence-electron chi connectivity index (χ2n) is 10.4. The highest BCUT2D eigenvalue weighted by Gasteiger charge is 2.18. The lowest BCUT2D eigenvalue weighted by Crippen LogP contribution is -2.30. The van der Waals surface area contributed by atoms with Crippen LogP contribution in [0.5, 0.6) is 0 Å². The third-order valence-electron chi connectivity index (χ3n) is 7.48. The lowest BCUT2D eigenvalue weighted by molar-refractivity contribution is -0.119. The van der Waals surface area contributed by atoms with Crippen LogP contribution >= 0.6 is 0 Å². The molecule has 11 nitrogen and oxygen atoms in total. The van der Waals surface area contributed by atoms with E-state index in [1.54, 1.807) is 25.4 Å². The summed E-state index contributed by atoms with van der Waals surface area (Å²) in [7, 11) is 0. The van der Waals surface area contributed by atoms with Crippen molar-refractivity contribution in [2.75, 3.05) is 5.32 Å². The molecule has 0 radical (unpaired) electrons. The molecule has 4 heterocycles. The van der Waals surface area contributed by atoms with Gasteiger partial charge in [-0.25, -0.2) is 9.37 Å². The Bertz CT molecular complexity index is 2000. The fraction of sp³-hybridized carbons (Fsp3) is 0.194. The van der Waals surface area contributed by atoms with Gasteiger partial charge >= 0.3 is 0 Å². The predicted molar refractivity (Wildman–Crippen MR) is 160 cm³/mol. The first kappa shape index (κ1) is 27.6. The maximum Gasteiger partial charge on any atom is 0.277 e. The maximum atomic E-state index is 13.9. The SMILES string of the molecule is CC[C@@H](C)C(=O)Nc1cnc(-c2ccc(-c3nn[nH]n3)cc2)n(Cc2cncc(-n3cc(C)c4cc(F)ccc43)c2)c1=O. The van der Waals surface area contributed by atoms with Crippen molar-refractivity contribution < 1.29 is 9.18 Å². The molecule has 4 aromatic heterocycles. The number of rotatable bonds is 8. The fourth-order valence-corrected chi connectivity index (χ4v) is 4.90. The van der Waals surface area contributed by atoms with Gasteiger partial charge in [-0.1, -0.05) is 38.1 Å². The number of hydrogen-bond acceptors (Lipinski definition) is 7. The number of amides is 1. The van der Waals surface area contributed by atoms with Gasteiger partial charge in [-0.05, 0) is 54.0 Å². The Morgan fingerprint density at radius 1 is 1.07 bits per heavy atom. The number of halogens is 1. The maximum absolute atomic E-state index is 13.9. The molecule has 2 N–H and O–H groups in total. The van der Waals surface area contributed by atoms with E-state index in [-0.39, 0.29) is 29.9 Å². The van der Waals surface area contributed by atoms with Gasteiger partial charge in [0.15, 0.2) is 0 Å². The van der Waals surface area contributed by atoms with Crippen LogP contribution in [0.1, 0.15) is 31.4 Å². The molecule has 0 aliphatic heterocycles. The quantitative estimate of drug-likeness (QED) is 0.262. The summed E-state index contributed by atoms with van der Waals surface area (Å²) in [6.07, 6.45) is 7.36. The van der Waals surface area contributed by atoms with Gasteiger partial charge in [0.1, 0.15) is 17.3 Å². The second kappa shape index (κ2) is 11.4. The average molecular weight is 578 g/mol. The number of pyridine rings is 1. The molecule has 1 atom stereocenters. The van der Waals surface area contributed by atoms with Crippen molar-refractivity contribution in [2.45, 2.75) is 33.7 Å². The van der Waals surface area contributed by atoms with Crippen LogP contribution in [-0.4, -0.2) is 45.6 Å². The van der Waals surface area contributed by atoms with Crippen LogP contribution < -0.4 is 10.9 Å². The standard InChI is InChI=1S/C31H28FN9O2/c1-4-18(2)30(42)35-26-15-34-29(22-7-5-21(6-8-22)28-36-38-39-37-28)41(31(26)43)17-20-11-24(14-33-13-20)40-16-19(3)25-12-23(32)9-10-27(25)40/h5-16,18H,4,17H2,1-3H3,(H,35,42)(H,36,37,38,39)/t18-/m1/s1. The summed E-state index contributed by atoms with van der Waals surface area (Å²) in [5.74, 6) is 0.0394. The number of nitrogens with zero attached hydrogens (tertiary/aromatic N) is 7. The van der Waals surface area contributed by atoms with E-state index in [9.17, 15) is 14.0 Å². The number of carbonyl (C=O) groups excluding carboxylic acids is 1. The number of aromatic nitrogens is 8. The topological polar surface area (TPSA) is 136 Å². The van der Waals surface area contributed by atoms with Gasteiger partial charge < -0.3 is 9.88 Å². The van der Waals surface area contributed by atoms with E-state index < -0.39 is 5.56 Å². The Labute approximate surface area is 245 Å². The van der Waals surface area contributed by atoms with E-state index in [0.29, 0.717) is 23.6 Å². The minimum Gasteiger partial charge on any atom is -0.320 e. The number of aryl methyl sites for hydroxylation is 1. The van der Waals surface area contributed by atoms with E-state index in [4.69, 9.17) is 0 Å². The molecule has 0 bridgehead atoms. The Morgan fingerprint density at radius 3 is 2.60 bits per heavy atom. The van der Waals surface area contributed by atoms with Crippen LogP contribution in [0.3, 0.4) is 0 Å².